The van der Waals surface area contributed by atoms with Crippen LogP contribution >= 0.6 is 0 Å². The molecule has 1 aliphatic rings. The van der Waals surface area contributed by atoms with E-state index in [1.807, 2.05) is 49.4 Å². The number of benzene rings is 2. The van der Waals surface area contributed by atoms with Crippen LogP contribution in [0.5, 0.6) is 5.75 Å². The van der Waals surface area contributed by atoms with Crippen LogP contribution in [-0.4, -0.2) is 50.6 Å². The van der Waals surface area contributed by atoms with E-state index < -0.39 is 0 Å². The molecule has 1 aliphatic heterocycles. The number of carbonyl (C=O) groups excluding carboxylic acids is 1. The molecule has 0 saturated carbocycles. The first-order valence-corrected chi connectivity index (χ1v) is 9.20. The van der Waals surface area contributed by atoms with E-state index >= 15 is 0 Å². The largest absolute Gasteiger partial charge is 0.494 e. The molecule has 0 aliphatic carbocycles. The van der Waals surface area contributed by atoms with Crippen LogP contribution in [0, 0.1) is 0 Å². The molecule has 1 amide bonds. The zero-order valence-electron chi connectivity index (χ0n) is 15.6. The Morgan fingerprint density at radius 3 is 2.42 bits per heavy atom. The molecule has 0 bridgehead atoms. The van der Waals surface area contributed by atoms with E-state index in [9.17, 15) is 4.79 Å². The van der Waals surface area contributed by atoms with Gasteiger partial charge >= 0.3 is 0 Å². The van der Waals surface area contributed by atoms with Crippen molar-refractivity contribution in [2.75, 3.05) is 50.1 Å². The molecular formula is C21H27N3O2. The first-order valence-electron chi connectivity index (χ1n) is 9.20. The molecule has 0 spiro atoms. The SMILES string of the molecule is CCOc1ccc(CC(=O)Nc2ccccc2N2CCN(C)CC2)cc1. The molecule has 5 heteroatoms. The first kappa shape index (κ1) is 18.3. The Balaban J connectivity index is 1.64. The highest BCUT2D eigenvalue weighted by Crippen LogP contribution is 2.26. The third-order valence-corrected chi connectivity index (χ3v) is 4.62. The maximum absolute atomic E-state index is 12.5. The summed E-state index contributed by atoms with van der Waals surface area (Å²) in [5.74, 6) is 0.827. The topological polar surface area (TPSA) is 44.8 Å². The van der Waals surface area contributed by atoms with Crippen LogP contribution in [0.4, 0.5) is 11.4 Å². The number of para-hydroxylation sites is 2. The molecule has 1 heterocycles. The van der Waals surface area contributed by atoms with E-state index in [1.54, 1.807) is 0 Å². The lowest BCUT2D eigenvalue weighted by Gasteiger charge is -2.35. The summed E-state index contributed by atoms with van der Waals surface area (Å²) in [5, 5.41) is 3.08. The van der Waals surface area contributed by atoms with Crippen LogP contribution in [0.2, 0.25) is 0 Å². The maximum Gasteiger partial charge on any atom is 0.228 e. The van der Waals surface area contributed by atoms with Gasteiger partial charge in [-0.1, -0.05) is 24.3 Å². The van der Waals surface area contributed by atoms with E-state index in [0.29, 0.717) is 13.0 Å². The minimum absolute atomic E-state index is 0.00395. The summed E-state index contributed by atoms with van der Waals surface area (Å²) in [6, 6.07) is 15.7. The fourth-order valence-corrected chi connectivity index (χ4v) is 3.15. The minimum atomic E-state index is -0.00395. The molecule has 2 aromatic rings. The summed E-state index contributed by atoms with van der Waals surface area (Å²) in [6.45, 7) is 6.62. The molecule has 26 heavy (non-hydrogen) atoms. The van der Waals surface area contributed by atoms with E-state index in [4.69, 9.17) is 4.74 Å². The lowest BCUT2D eigenvalue weighted by Crippen LogP contribution is -2.44. The molecular weight excluding hydrogens is 326 g/mol. The van der Waals surface area contributed by atoms with Gasteiger partial charge < -0.3 is 19.9 Å². The smallest absolute Gasteiger partial charge is 0.228 e. The number of likely N-dealkylation sites (N-methyl/N-ethyl adjacent to an activating group) is 1. The number of hydrogen-bond donors (Lipinski definition) is 1. The zero-order chi connectivity index (χ0) is 18.4. The Kier molecular flexibility index (Phi) is 6.12. The van der Waals surface area contributed by atoms with Crippen LogP contribution in [0.3, 0.4) is 0 Å². The predicted octanol–water partition coefficient (Wildman–Crippen LogP) is 3.02. The van der Waals surface area contributed by atoms with Gasteiger partial charge in [-0.25, -0.2) is 0 Å². The van der Waals surface area contributed by atoms with Crippen molar-refractivity contribution in [2.24, 2.45) is 0 Å². The van der Waals surface area contributed by atoms with Gasteiger partial charge in [0, 0.05) is 26.2 Å². The monoisotopic (exact) mass is 353 g/mol. The fourth-order valence-electron chi connectivity index (χ4n) is 3.15. The number of hydrogen-bond acceptors (Lipinski definition) is 4. The van der Waals surface area contributed by atoms with Crippen molar-refractivity contribution in [1.29, 1.82) is 0 Å². The Bertz CT molecular complexity index is 722. The van der Waals surface area contributed by atoms with Crippen molar-refractivity contribution in [1.82, 2.24) is 4.90 Å². The third-order valence-electron chi connectivity index (χ3n) is 4.62. The van der Waals surface area contributed by atoms with Gasteiger partial charge in [-0.2, -0.15) is 0 Å². The lowest BCUT2D eigenvalue weighted by molar-refractivity contribution is -0.115. The number of nitrogens with zero attached hydrogens (tertiary/aromatic N) is 2. The average Bonchev–Trinajstić information content (AvgIpc) is 2.65. The van der Waals surface area contributed by atoms with Crippen molar-refractivity contribution in [3.63, 3.8) is 0 Å². The van der Waals surface area contributed by atoms with Gasteiger partial charge in [0.05, 0.1) is 24.4 Å². The Labute approximate surface area is 155 Å². The summed E-state index contributed by atoms with van der Waals surface area (Å²) >= 11 is 0. The summed E-state index contributed by atoms with van der Waals surface area (Å²) in [4.78, 5) is 17.2. The lowest BCUT2D eigenvalue weighted by atomic mass is 10.1. The van der Waals surface area contributed by atoms with Gasteiger partial charge in [-0.3, -0.25) is 4.79 Å². The number of nitrogens with one attached hydrogen (secondary N) is 1. The van der Waals surface area contributed by atoms with Crippen molar-refractivity contribution in [3.05, 3.63) is 54.1 Å². The molecule has 1 fully saturated rings. The normalized spacial score (nSPS) is 14.9. The van der Waals surface area contributed by atoms with Gasteiger partial charge in [-0.15, -0.1) is 0 Å². The second kappa shape index (κ2) is 8.72. The standard InChI is InChI=1S/C21H27N3O2/c1-3-26-18-10-8-17(9-11-18)16-21(25)22-19-6-4-5-7-20(19)24-14-12-23(2)13-15-24/h4-11H,3,12-16H2,1-2H3,(H,22,25). The highest BCUT2D eigenvalue weighted by atomic mass is 16.5. The summed E-state index contributed by atoms with van der Waals surface area (Å²) in [6.07, 6.45) is 0.351. The van der Waals surface area contributed by atoms with Gasteiger partial charge in [0.25, 0.3) is 0 Å². The van der Waals surface area contributed by atoms with E-state index in [2.05, 4.69) is 28.2 Å². The number of rotatable bonds is 6. The van der Waals surface area contributed by atoms with Gasteiger partial charge in [0.2, 0.25) is 5.91 Å². The third kappa shape index (κ3) is 4.76. The highest BCUT2D eigenvalue weighted by Gasteiger charge is 2.17. The number of carbonyl (C=O) groups is 1. The molecule has 0 atom stereocenters. The summed E-state index contributed by atoms with van der Waals surface area (Å²) in [5.41, 5.74) is 2.96. The maximum atomic E-state index is 12.5. The second-order valence-corrected chi connectivity index (χ2v) is 6.61. The van der Waals surface area contributed by atoms with Crippen LogP contribution in [0.1, 0.15) is 12.5 Å². The van der Waals surface area contributed by atoms with Crippen LogP contribution in [-0.2, 0) is 11.2 Å². The second-order valence-electron chi connectivity index (χ2n) is 6.61. The summed E-state index contributed by atoms with van der Waals surface area (Å²) < 4.78 is 5.44. The van der Waals surface area contributed by atoms with E-state index in [0.717, 1.165) is 48.9 Å². The molecule has 2 aromatic carbocycles. The first-order chi connectivity index (χ1) is 12.7. The minimum Gasteiger partial charge on any atom is -0.494 e. The Morgan fingerprint density at radius 1 is 1.04 bits per heavy atom. The number of anilines is 2. The molecule has 1 N–H and O–H groups in total. The van der Waals surface area contributed by atoms with Crippen LogP contribution in [0.15, 0.2) is 48.5 Å². The molecule has 5 nitrogen and oxygen atoms in total. The zero-order valence-corrected chi connectivity index (χ0v) is 15.6. The van der Waals surface area contributed by atoms with Gasteiger partial charge in [-0.05, 0) is 43.8 Å². The number of amides is 1. The van der Waals surface area contributed by atoms with Crippen molar-refractivity contribution >= 4 is 17.3 Å². The molecule has 0 unspecified atom stereocenters. The molecule has 0 radical (unpaired) electrons. The molecule has 138 valence electrons. The van der Waals surface area contributed by atoms with Gasteiger partial charge in [0.15, 0.2) is 0 Å². The summed E-state index contributed by atoms with van der Waals surface area (Å²) in [7, 11) is 2.14. The van der Waals surface area contributed by atoms with Crippen LogP contribution in [0.25, 0.3) is 0 Å². The fraction of sp³-hybridized carbons (Fsp3) is 0.381. The molecule has 3 rings (SSSR count). The predicted molar refractivity (Wildman–Crippen MR) is 106 cm³/mol. The van der Waals surface area contributed by atoms with E-state index in [-0.39, 0.29) is 5.91 Å². The number of piperazine rings is 1. The number of ether oxygens (including phenoxy) is 1. The Morgan fingerprint density at radius 2 is 1.73 bits per heavy atom. The quantitative estimate of drug-likeness (QED) is 0.867. The average molecular weight is 353 g/mol. The highest BCUT2D eigenvalue weighted by molar-refractivity contribution is 5.95. The van der Waals surface area contributed by atoms with Crippen molar-refractivity contribution in [3.8, 4) is 5.75 Å². The molecule has 0 aromatic heterocycles. The Hall–Kier alpha value is -2.53. The van der Waals surface area contributed by atoms with Crippen LogP contribution < -0.4 is 15.0 Å². The van der Waals surface area contributed by atoms with E-state index in [1.165, 1.54) is 0 Å². The van der Waals surface area contributed by atoms with Crippen molar-refractivity contribution < 1.29 is 9.53 Å². The van der Waals surface area contributed by atoms with Gasteiger partial charge in [0.1, 0.15) is 5.75 Å². The molecule has 1 saturated heterocycles. The van der Waals surface area contributed by atoms with Crippen molar-refractivity contribution in [2.45, 2.75) is 13.3 Å².